The first-order chi connectivity index (χ1) is 10.5. The molecule has 0 radical (unpaired) electrons. The van der Waals surface area contributed by atoms with Crippen LogP contribution in [0.15, 0.2) is 0 Å². The zero-order chi connectivity index (χ0) is 16.1. The molecule has 2 rings (SSSR count). The van der Waals surface area contributed by atoms with Gasteiger partial charge >= 0.3 is 6.03 Å². The molecule has 0 aromatic rings. The van der Waals surface area contributed by atoms with E-state index in [1.54, 1.807) is 11.9 Å². The minimum absolute atomic E-state index is 0.0546. The van der Waals surface area contributed by atoms with Gasteiger partial charge in [-0.1, -0.05) is 13.3 Å². The number of urea groups is 1. The van der Waals surface area contributed by atoms with Crippen molar-refractivity contribution in [1.82, 2.24) is 20.0 Å². The summed E-state index contributed by atoms with van der Waals surface area (Å²) in [4.78, 5) is 18.3. The van der Waals surface area contributed by atoms with Crippen molar-refractivity contribution in [2.24, 2.45) is 5.92 Å². The predicted octanol–water partition coefficient (Wildman–Crippen LogP) is 0.425. The Balaban J connectivity index is 1.63. The number of aliphatic hydroxyl groups is 1. The number of carbonyl (C=O) groups excluding carboxylic acids is 1. The van der Waals surface area contributed by atoms with E-state index >= 15 is 0 Å². The fraction of sp³-hybridized carbons (Fsp3) is 0.938. The third-order valence-corrected chi connectivity index (χ3v) is 4.79. The lowest BCUT2D eigenvalue weighted by atomic mass is 10.2. The Hall–Kier alpha value is -0.850. The fourth-order valence-corrected chi connectivity index (χ4v) is 3.17. The Bertz CT molecular complexity index is 358. The lowest BCUT2D eigenvalue weighted by molar-refractivity contribution is 0.0657. The largest absolute Gasteiger partial charge is 0.390 e. The number of nitrogens with zero attached hydrogens (tertiary/aromatic N) is 3. The second-order valence-electron chi connectivity index (χ2n) is 6.98. The third-order valence-electron chi connectivity index (χ3n) is 4.79. The summed E-state index contributed by atoms with van der Waals surface area (Å²) in [5.41, 5.74) is 0. The van der Waals surface area contributed by atoms with Crippen molar-refractivity contribution < 1.29 is 9.90 Å². The lowest BCUT2D eigenvalue weighted by Gasteiger charge is -2.34. The molecule has 128 valence electrons. The molecule has 3 atom stereocenters. The molecule has 0 spiro atoms. The van der Waals surface area contributed by atoms with Crippen molar-refractivity contribution in [1.29, 1.82) is 0 Å². The van der Waals surface area contributed by atoms with Crippen molar-refractivity contribution in [3.63, 3.8) is 0 Å². The van der Waals surface area contributed by atoms with Crippen molar-refractivity contribution >= 4 is 6.03 Å². The first kappa shape index (κ1) is 17.5. The molecule has 2 fully saturated rings. The first-order valence-corrected chi connectivity index (χ1v) is 8.60. The van der Waals surface area contributed by atoms with Gasteiger partial charge in [0.1, 0.15) is 0 Å². The quantitative estimate of drug-likeness (QED) is 0.715. The van der Waals surface area contributed by atoms with Gasteiger partial charge in [-0.3, -0.25) is 4.90 Å². The summed E-state index contributed by atoms with van der Waals surface area (Å²) in [5.74, 6) is 0.664. The maximum atomic E-state index is 12.1. The van der Waals surface area contributed by atoms with E-state index in [2.05, 4.69) is 29.1 Å². The fourth-order valence-electron chi connectivity index (χ4n) is 3.17. The molecule has 0 bridgehead atoms. The number of nitrogens with one attached hydrogen (secondary N) is 1. The second-order valence-corrected chi connectivity index (χ2v) is 6.98. The number of rotatable bonds is 7. The van der Waals surface area contributed by atoms with Gasteiger partial charge in [0.05, 0.1) is 6.10 Å². The lowest BCUT2D eigenvalue weighted by Crippen LogP contribution is -2.50. The molecule has 22 heavy (non-hydrogen) atoms. The molecule has 1 aliphatic carbocycles. The molecule has 6 nitrogen and oxygen atoms in total. The van der Waals surface area contributed by atoms with Crippen LogP contribution in [0.4, 0.5) is 4.79 Å². The maximum absolute atomic E-state index is 12.1. The summed E-state index contributed by atoms with van der Waals surface area (Å²) >= 11 is 0. The summed E-state index contributed by atoms with van der Waals surface area (Å²) in [5, 5.41) is 13.3. The van der Waals surface area contributed by atoms with Crippen LogP contribution in [0.2, 0.25) is 0 Å². The average Bonchev–Trinajstić information content (AvgIpc) is 3.19. The highest BCUT2D eigenvalue weighted by Gasteiger charge is 2.37. The van der Waals surface area contributed by atoms with E-state index in [1.165, 1.54) is 12.8 Å². The molecule has 3 unspecified atom stereocenters. The van der Waals surface area contributed by atoms with Crippen molar-refractivity contribution in [3.05, 3.63) is 0 Å². The summed E-state index contributed by atoms with van der Waals surface area (Å²) in [7, 11) is 3.88. The van der Waals surface area contributed by atoms with Crippen LogP contribution in [0.25, 0.3) is 0 Å². The maximum Gasteiger partial charge on any atom is 0.317 e. The number of hydrogen-bond donors (Lipinski definition) is 2. The van der Waals surface area contributed by atoms with E-state index in [0.717, 1.165) is 32.6 Å². The minimum atomic E-state index is -0.482. The highest BCUT2D eigenvalue weighted by Crippen LogP contribution is 2.34. The molecule has 6 heteroatoms. The number of likely N-dealkylation sites (N-methyl/N-ethyl adjacent to an activating group) is 2. The smallest absolute Gasteiger partial charge is 0.317 e. The van der Waals surface area contributed by atoms with Gasteiger partial charge in [0, 0.05) is 52.4 Å². The van der Waals surface area contributed by atoms with E-state index < -0.39 is 6.10 Å². The Morgan fingerprint density at radius 1 is 1.36 bits per heavy atom. The number of aliphatic hydroxyl groups excluding tert-OH is 1. The van der Waals surface area contributed by atoms with Gasteiger partial charge in [0.2, 0.25) is 0 Å². The van der Waals surface area contributed by atoms with Gasteiger partial charge in [-0.25, -0.2) is 4.79 Å². The van der Waals surface area contributed by atoms with Gasteiger partial charge in [0.25, 0.3) is 0 Å². The van der Waals surface area contributed by atoms with Gasteiger partial charge < -0.3 is 20.2 Å². The van der Waals surface area contributed by atoms with Crippen LogP contribution >= 0.6 is 0 Å². The monoisotopic (exact) mass is 312 g/mol. The summed E-state index contributed by atoms with van der Waals surface area (Å²) in [6.07, 6.45) is 3.00. The minimum Gasteiger partial charge on any atom is -0.390 e. The highest BCUT2D eigenvalue weighted by molar-refractivity contribution is 5.74. The van der Waals surface area contributed by atoms with Gasteiger partial charge in [-0.2, -0.15) is 0 Å². The summed E-state index contributed by atoms with van der Waals surface area (Å²) < 4.78 is 0. The van der Waals surface area contributed by atoms with Gasteiger partial charge in [-0.15, -0.1) is 0 Å². The Morgan fingerprint density at radius 2 is 2.05 bits per heavy atom. The molecule has 2 aliphatic rings. The number of hydrogen-bond acceptors (Lipinski definition) is 4. The zero-order valence-corrected chi connectivity index (χ0v) is 14.3. The number of piperazine rings is 1. The van der Waals surface area contributed by atoms with Crippen LogP contribution in [-0.4, -0.2) is 91.3 Å². The number of β-amino-alcohol motifs (C(OH)–C–C–N with tert-alkyl or cyclic N) is 1. The van der Waals surface area contributed by atoms with E-state index in [1.807, 2.05) is 0 Å². The SMILES string of the molecule is CCCC1CC1NC(=O)N(C)CC(O)CN1CCN(C)CC1. The molecule has 2 N–H and O–H groups in total. The van der Waals surface area contributed by atoms with Crippen LogP contribution in [0.1, 0.15) is 26.2 Å². The number of carbonyl (C=O) groups is 1. The van der Waals surface area contributed by atoms with E-state index in [4.69, 9.17) is 0 Å². The topological polar surface area (TPSA) is 59.1 Å². The second kappa shape index (κ2) is 8.13. The molecular weight excluding hydrogens is 280 g/mol. The Morgan fingerprint density at radius 3 is 2.68 bits per heavy atom. The van der Waals surface area contributed by atoms with E-state index in [9.17, 15) is 9.90 Å². The molecule has 0 aromatic carbocycles. The third kappa shape index (κ3) is 5.41. The van der Waals surface area contributed by atoms with Gasteiger partial charge in [-0.05, 0) is 25.8 Å². The zero-order valence-electron chi connectivity index (χ0n) is 14.3. The van der Waals surface area contributed by atoms with Crippen molar-refractivity contribution in [2.75, 3.05) is 53.4 Å². The van der Waals surface area contributed by atoms with E-state index in [0.29, 0.717) is 25.0 Å². The normalized spacial score (nSPS) is 27.5. The molecule has 1 saturated carbocycles. The molecular formula is C16H32N4O2. The van der Waals surface area contributed by atoms with Crippen molar-refractivity contribution in [2.45, 2.75) is 38.3 Å². The number of amides is 2. The average molecular weight is 312 g/mol. The molecule has 1 saturated heterocycles. The van der Waals surface area contributed by atoms with Crippen LogP contribution in [0.5, 0.6) is 0 Å². The Kier molecular flexibility index (Phi) is 6.47. The van der Waals surface area contributed by atoms with E-state index in [-0.39, 0.29) is 6.03 Å². The summed E-state index contributed by atoms with van der Waals surface area (Å²) in [6.45, 7) is 7.29. The van der Waals surface area contributed by atoms with Crippen LogP contribution in [0.3, 0.4) is 0 Å². The predicted molar refractivity (Wildman–Crippen MR) is 87.9 cm³/mol. The molecule has 1 aliphatic heterocycles. The first-order valence-electron chi connectivity index (χ1n) is 8.60. The molecule has 2 amide bonds. The van der Waals surface area contributed by atoms with Crippen LogP contribution < -0.4 is 5.32 Å². The summed E-state index contributed by atoms with van der Waals surface area (Å²) in [6, 6.07) is 0.297. The standard InChI is InChI=1S/C16H32N4O2/c1-4-5-13-10-15(13)17-16(22)19(3)11-14(21)12-20-8-6-18(2)7-9-20/h13-15,21H,4-12H2,1-3H3,(H,17,22). The Labute approximate surface area is 134 Å². The van der Waals surface area contributed by atoms with Gasteiger partial charge in [0.15, 0.2) is 0 Å². The molecule has 1 heterocycles. The van der Waals surface area contributed by atoms with Crippen LogP contribution in [-0.2, 0) is 0 Å². The van der Waals surface area contributed by atoms with Crippen LogP contribution in [0, 0.1) is 5.92 Å². The molecule has 0 aromatic heterocycles. The highest BCUT2D eigenvalue weighted by atomic mass is 16.3. The van der Waals surface area contributed by atoms with Crippen molar-refractivity contribution in [3.8, 4) is 0 Å².